The highest BCUT2D eigenvalue weighted by Gasteiger charge is 1.76. The summed E-state index contributed by atoms with van der Waals surface area (Å²) in [4.78, 5) is 0. The van der Waals surface area contributed by atoms with Crippen LogP contribution in [0.5, 0.6) is 0 Å². The van der Waals surface area contributed by atoms with Gasteiger partial charge in [-0.1, -0.05) is 6.08 Å². The average Bonchev–Trinajstić information content (AvgIpc) is 1.61. The van der Waals surface area contributed by atoms with Gasteiger partial charge in [-0.05, 0) is 5.43 Å². The van der Waals surface area contributed by atoms with E-state index in [2.05, 4.69) is 17.1 Å². The molecule has 0 radical (unpaired) electrons. The Morgan fingerprint density at radius 2 is 2.67 bits per heavy atom. The molecule has 0 aromatic carbocycles. The molecule has 1 N–H and O–H groups in total. The molecule has 3 nitrogen and oxygen atoms in total. The Bertz CT molecular complexity index is 70.6. The van der Waals surface area contributed by atoms with Gasteiger partial charge in [-0.25, -0.2) is 0 Å². The number of nitrogens with one attached hydrogen (secondary N) is 1. The zero-order valence-electron chi connectivity index (χ0n) is 3.39. The lowest BCUT2D eigenvalue weighted by Gasteiger charge is -1.65. The third-order valence-electron chi connectivity index (χ3n) is 0.306. The standard InChI is InChI=1S/C3H6N3/c1-2-3-5-6-4/h2,5H,1,3H2/q+1. The highest BCUT2D eigenvalue weighted by atomic mass is 15.3. The summed E-state index contributed by atoms with van der Waals surface area (Å²) in [7, 11) is 0. The normalized spacial score (nSPS) is 5.83. The molecule has 0 atom stereocenters. The van der Waals surface area contributed by atoms with E-state index in [0.717, 1.165) is 0 Å². The zero-order chi connectivity index (χ0) is 4.83. The molecule has 0 heterocycles. The van der Waals surface area contributed by atoms with E-state index in [1.54, 1.807) is 6.08 Å². The van der Waals surface area contributed by atoms with Gasteiger partial charge in [0.2, 0.25) is 0 Å². The molecule has 0 aliphatic heterocycles. The van der Waals surface area contributed by atoms with E-state index < -0.39 is 0 Å². The fourth-order valence-corrected chi connectivity index (χ4v) is 0.105. The first-order chi connectivity index (χ1) is 2.91. The summed E-state index contributed by atoms with van der Waals surface area (Å²) in [6, 6.07) is 0. The van der Waals surface area contributed by atoms with Crippen molar-refractivity contribution in [2.45, 2.75) is 0 Å². The maximum absolute atomic E-state index is 7.66. The predicted molar refractivity (Wildman–Crippen MR) is 23.3 cm³/mol. The Labute approximate surface area is 36.3 Å². The van der Waals surface area contributed by atoms with Crippen molar-refractivity contribution in [3.63, 3.8) is 0 Å². The largest absolute Gasteiger partial charge is 0.303 e. The van der Waals surface area contributed by atoms with Crippen LogP contribution in [0, 0.1) is 5.39 Å². The summed E-state index contributed by atoms with van der Waals surface area (Å²) < 4.78 is 0. The van der Waals surface area contributed by atoms with E-state index in [1.165, 1.54) is 0 Å². The molecular formula is C3H6N3+. The molecular weight excluding hydrogens is 78.1 g/mol. The first-order valence-electron chi connectivity index (χ1n) is 1.59. The van der Waals surface area contributed by atoms with Crippen molar-refractivity contribution in [1.82, 2.24) is 5.43 Å². The number of nitrogens with zero attached hydrogens (tertiary/aromatic N) is 2. The average molecular weight is 84.1 g/mol. The molecule has 0 saturated heterocycles. The second-order valence-corrected chi connectivity index (χ2v) is 0.751. The molecule has 0 rings (SSSR count). The Morgan fingerprint density at radius 1 is 2.00 bits per heavy atom. The van der Waals surface area contributed by atoms with Gasteiger partial charge in [-0.2, -0.15) is 0 Å². The van der Waals surface area contributed by atoms with E-state index in [0.29, 0.717) is 6.54 Å². The van der Waals surface area contributed by atoms with Crippen LogP contribution in [0.1, 0.15) is 0 Å². The van der Waals surface area contributed by atoms with Gasteiger partial charge < -0.3 is 0 Å². The second-order valence-electron chi connectivity index (χ2n) is 0.751. The van der Waals surface area contributed by atoms with Crippen molar-refractivity contribution in [1.29, 1.82) is 5.39 Å². The Balaban J connectivity index is 2.72. The van der Waals surface area contributed by atoms with Gasteiger partial charge in [0.05, 0.1) is 0 Å². The van der Waals surface area contributed by atoms with Gasteiger partial charge in [-0.3, -0.25) is 0 Å². The molecule has 0 spiro atoms. The van der Waals surface area contributed by atoms with Gasteiger partial charge in [0.1, 0.15) is 6.54 Å². The molecule has 0 fully saturated rings. The summed E-state index contributed by atoms with van der Waals surface area (Å²) in [5.74, 6) is 0. The first-order valence-corrected chi connectivity index (χ1v) is 1.59. The van der Waals surface area contributed by atoms with Crippen LogP contribution in [0.15, 0.2) is 12.7 Å². The smallest absolute Gasteiger partial charge is 0.101 e. The van der Waals surface area contributed by atoms with Gasteiger partial charge in [0.15, 0.2) is 0 Å². The fourth-order valence-electron chi connectivity index (χ4n) is 0.105. The van der Waals surface area contributed by atoms with Crippen molar-refractivity contribution in [2.24, 2.45) is 0 Å². The van der Waals surface area contributed by atoms with Crippen LogP contribution in [0.25, 0.3) is 5.08 Å². The molecule has 3 heteroatoms. The maximum Gasteiger partial charge on any atom is 0.303 e. The number of hydrogen-bond acceptors (Lipinski definition) is 2. The van der Waals surface area contributed by atoms with Crippen molar-refractivity contribution < 1.29 is 0 Å². The topological polar surface area (TPSA) is 40.2 Å². The quantitative estimate of drug-likeness (QED) is 0.229. The molecule has 6 heavy (non-hydrogen) atoms. The maximum atomic E-state index is 7.66. The third-order valence-corrected chi connectivity index (χ3v) is 0.306. The SMILES string of the molecule is C=CCN[N+]#N. The van der Waals surface area contributed by atoms with Crippen LogP contribution in [0.2, 0.25) is 0 Å². The number of rotatable bonds is 2. The Morgan fingerprint density at radius 3 is 2.83 bits per heavy atom. The number of hydrogen-bond donors (Lipinski definition) is 1. The predicted octanol–water partition coefficient (Wildman–Crippen LogP) is 0.530. The highest BCUT2D eigenvalue weighted by Crippen LogP contribution is 1.55. The highest BCUT2D eigenvalue weighted by molar-refractivity contribution is 4.69. The fraction of sp³-hybridized carbons (Fsp3) is 0.333. The minimum Gasteiger partial charge on any atom is -0.101 e. The summed E-state index contributed by atoms with van der Waals surface area (Å²) in [5.41, 5.74) is 2.26. The van der Waals surface area contributed by atoms with Gasteiger partial charge in [-0.15, -0.1) is 6.58 Å². The van der Waals surface area contributed by atoms with Crippen LogP contribution in [-0.2, 0) is 0 Å². The number of diazo groups is 1. The molecule has 0 amide bonds. The minimum atomic E-state index is 0.510. The lowest BCUT2D eigenvalue weighted by Crippen LogP contribution is -1.98. The van der Waals surface area contributed by atoms with Crippen molar-refractivity contribution in [3.05, 3.63) is 17.7 Å². The summed E-state index contributed by atoms with van der Waals surface area (Å²) in [6.45, 7) is 3.88. The summed E-state index contributed by atoms with van der Waals surface area (Å²) >= 11 is 0. The lowest BCUT2D eigenvalue weighted by molar-refractivity contribution is 0.947. The van der Waals surface area contributed by atoms with Gasteiger partial charge in [0, 0.05) is 0 Å². The van der Waals surface area contributed by atoms with E-state index in [4.69, 9.17) is 5.39 Å². The van der Waals surface area contributed by atoms with Gasteiger partial charge in [0.25, 0.3) is 5.39 Å². The van der Waals surface area contributed by atoms with E-state index in [9.17, 15) is 0 Å². The van der Waals surface area contributed by atoms with Crippen LogP contribution < -0.4 is 5.43 Å². The molecule has 0 aromatic heterocycles. The second kappa shape index (κ2) is 3.96. The molecule has 0 aliphatic carbocycles. The van der Waals surface area contributed by atoms with Crippen LogP contribution in [0.3, 0.4) is 0 Å². The van der Waals surface area contributed by atoms with E-state index in [-0.39, 0.29) is 0 Å². The van der Waals surface area contributed by atoms with Crippen LogP contribution in [0.4, 0.5) is 0 Å². The van der Waals surface area contributed by atoms with E-state index in [1.807, 2.05) is 0 Å². The first kappa shape index (κ1) is 4.96. The zero-order valence-corrected chi connectivity index (χ0v) is 3.39. The molecule has 0 bridgehead atoms. The van der Waals surface area contributed by atoms with Crippen molar-refractivity contribution >= 4 is 0 Å². The Kier molecular flexibility index (Phi) is 3.27. The van der Waals surface area contributed by atoms with E-state index >= 15 is 0 Å². The third kappa shape index (κ3) is 2.96. The minimum absolute atomic E-state index is 0.510. The van der Waals surface area contributed by atoms with Gasteiger partial charge >= 0.3 is 5.08 Å². The van der Waals surface area contributed by atoms with Crippen molar-refractivity contribution in [2.75, 3.05) is 6.54 Å². The molecule has 0 saturated carbocycles. The summed E-state index contributed by atoms with van der Waals surface area (Å²) in [5, 5.41) is 10.3. The summed E-state index contributed by atoms with van der Waals surface area (Å²) in [6.07, 6.45) is 1.60. The van der Waals surface area contributed by atoms with Crippen molar-refractivity contribution in [3.8, 4) is 0 Å². The Hall–Kier alpha value is -1.04. The lowest BCUT2D eigenvalue weighted by atomic mass is 10.7. The molecule has 32 valence electrons. The van der Waals surface area contributed by atoms with Crippen LogP contribution in [-0.4, -0.2) is 6.54 Å². The molecule has 0 aromatic rings. The monoisotopic (exact) mass is 84.1 g/mol. The van der Waals surface area contributed by atoms with Crippen LogP contribution >= 0.6 is 0 Å². The molecule has 0 aliphatic rings. The molecule has 0 unspecified atom stereocenters.